The SMILES string of the molecule is CC(C)(C)c1ccc2c(-c3ccccc3)c3c(c(-c4ccccc4)c2c1)-c1ccc2c4c(ccc-3c14)-c1c-2c(-c2ccccc2)c2ccccc2c1-c1ccccc1.CC1(C)c2cc(-c3ccc4ccc5cccc6ccc3c4c56)ccc2-c2ccc(-c3ccc4ccc5cccc6ccc3c4c56)cc21. The van der Waals surface area contributed by atoms with Gasteiger partial charge in [0.25, 0.3) is 0 Å². The highest BCUT2D eigenvalue weighted by molar-refractivity contribution is 6.36. The molecule has 3 aliphatic carbocycles. The first kappa shape index (κ1) is 59.9. The molecule has 20 aromatic carbocycles. The van der Waals surface area contributed by atoms with E-state index in [2.05, 4.69) is 368 Å². The Morgan fingerprint density at radius 2 is 0.486 bits per heavy atom. The fourth-order valence-corrected chi connectivity index (χ4v) is 19.5. The van der Waals surface area contributed by atoms with Crippen molar-refractivity contribution >= 4 is 97.0 Å². The molecule has 20 aromatic rings. The second-order valence-corrected chi connectivity index (χ2v) is 31.2. The minimum atomic E-state index is -0.121. The van der Waals surface area contributed by atoms with Gasteiger partial charge in [-0.3, -0.25) is 0 Å². The van der Waals surface area contributed by atoms with Gasteiger partial charge in [0.2, 0.25) is 0 Å². The third-order valence-electron chi connectivity index (χ3n) is 24.2. The van der Waals surface area contributed by atoms with E-state index < -0.39 is 0 Å². The Bertz CT molecular complexity index is 6760. The largest absolute Gasteiger partial charge is 0.0622 e. The smallest absolute Gasteiger partial charge is 0.0159 e. The van der Waals surface area contributed by atoms with Gasteiger partial charge in [-0.2, -0.15) is 0 Å². The summed E-state index contributed by atoms with van der Waals surface area (Å²) in [6.45, 7) is 11.8. The molecule has 0 spiro atoms. The van der Waals surface area contributed by atoms with Crippen molar-refractivity contribution in [2.45, 2.75) is 45.4 Å². The Hall–Kier alpha value is -12.7. The maximum atomic E-state index is 2.49. The standard InChI is InChI=1S/C58H40.C47H30/c1-58(2,3)39-28-29-42-47(34-39)51(38-24-14-7-15-25-38)57-46-33-32-44-52-43(30-31-45(53(46)52)56(57)50(42)37-22-12-6-13-23-37)54-48(35-18-8-4-9-19-35)40-26-16-17-27-41(40)49(55(44)54)36-20-10-5-11-21-36;1-47(2)41-25-33(35-19-13-31-11-9-27-5-3-7-29-15-23-39(35)45(31)43(27)29)17-21-37(41)38-22-18-34(26-42(38)47)36-20-14-32-12-10-28-6-4-8-30-16-24-40(36)46(32)44(28)30/h4-34H,1-3H3;3-26H,1-2H3. The van der Waals surface area contributed by atoms with Crippen molar-refractivity contribution in [3.8, 4) is 122 Å². The van der Waals surface area contributed by atoms with Crippen molar-refractivity contribution < 1.29 is 0 Å². The second kappa shape index (κ2) is 22.1. The van der Waals surface area contributed by atoms with E-state index in [-0.39, 0.29) is 10.8 Å². The summed E-state index contributed by atoms with van der Waals surface area (Å²) in [7, 11) is 0. The highest BCUT2D eigenvalue weighted by Gasteiger charge is 2.39. The first-order chi connectivity index (χ1) is 51.5. The molecule has 0 aromatic heterocycles. The van der Waals surface area contributed by atoms with Crippen molar-refractivity contribution in [3.05, 3.63) is 350 Å². The molecule has 0 amide bonds. The average Bonchev–Trinajstić information content (AvgIpc) is 1.51. The number of rotatable bonds is 6. The van der Waals surface area contributed by atoms with Crippen LogP contribution in [-0.4, -0.2) is 0 Å². The van der Waals surface area contributed by atoms with Crippen molar-refractivity contribution in [3.63, 3.8) is 0 Å². The van der Waals surface area contributed by atoms with Crippen LogP contribution < -0.4 is 0 Å². The summed E-state index contributed by atoms with van der Waals surface area (Å²) in [5.74, 6) is 0. The highest BCUT2D eigenvalue weighted by atomic mass is 14.4. The minimum absolute atomic E-state index is 0.00183. The predicted octanol–water partition coefficient (Wildman–Crippen LogP) is 29.5. The topological polar surface area (TPSA) is 0 Å². The van der Waals surface area contributed by atoms with Crippen molar-refractivity contribution in [1.82, 2.24) is 0 Å². The predicted molar refractivity (Wildman–Crippen MR) is 451 cm³/mol. The zero-order chi connectivity index (χ0) is 69.7. The van der Waals surface area contributed by atoms with Gasteiger partial charge in [-0.15, -0.1) is 0 Å². The normalized spacial score (nSPS) is 13.1. The lowest BCUT2D eigenvalue weighted by Gasteiger charge is -2.24. The van der Waals surface area contributed by atoms with Crippen molar-refractivity contribution in [2.75, 3.05) is 0 Å². The summed E-state index contributed by atoms with van der Waals surface area (Å²) in [5, 5.41) is 23.9. The molecule has 0 nitrogen and oxygen atoms in total. The van der Waals surface area contributed by atoms with Crippen LogP contribution in [0.4, 0.5) is 0 Å². The van der Waals surface area contributed by atoms with Gasteiger partial charge in [0, 0.05) is 5.41 Å². The third kappa shape index (κ3) is 8.57. The number of benzene rings is 20. The summed E-state index contributed by atoms with van der Waals surface area (Å²) in [4.78, 5) is 0. The molecule has 23 rings (SSSR count). The second-order valence-electron chi connectivity index (χ2n) is 31.2. The van der Waals surface area contributed by atoms with Gasteiger partial charge in [0.05, 0.1) is 0 Å². The molecule has 0 aliphatic heterocycles. The molecule has 0 atom stereocenters. The lowest BCUT2D eigenvalue weighted by molar-refractivity contribution is 0.591. The van der Waals surface area contributed by atoms with Crippen LogP contribution >= 0.6 is 0 Å². The van der Waals surface area contributed by atoms with E-state index in [1.54, 1.807) is 0 Å². The summed E-state index contributed by atoms with van der Waals surface area (Å²) in [5.41, 5.74) is 32.8. The molecule has 0 radical (unpaired) electrons. The Balaban J connectivity index is 0.000000134. The number of fused-ring (bicyclic) bond motifs is 11. The number of hydrogen-bond donors (Lipinski definition) is 0. The van der Waals surface area contributed by atoms with Gasteiger partial charge < -0.3 is 0 Å². The monoisotopic (exact) mass is 1330 g/mol. The maximum absolute atomic E-state index is 2.49. The van der Waals surface area contributed by atoms with E-state index in [1.165, 1.54) is 236 Å². The summed E-state index contributed by atoms with van der Waals surface area (Å²) < 4.78 is 0. The van der Waals surface area contributed by atoms with Crippen molar-refractivity contribution in [2.24, 2.45) is 0 Å². The Morgan fingerprint density at radius 3 is 0.857 bits per heavy atom. The van der Waals surface area contributed by atoms with Crippen LogP contribution in [-0.2, 0) is 10.8 Å². The first-order valence-corrected chi connectivity index (χ1v) is 37.2. The Labute approximate surface area is 611 Å². The Morgan fingerprint density at radius 1 is 0.190 bits per heavy atom. The molecular weight excluding hydrogens is 1260 g/mol. The van der Waals surface area contributed by atoms with E-state index in [0.29, 0.717) is 0 Å². The van der Waals surface area contributed by atoms with E-state index in [4.69, 9.17) is 0 Å². The van der Waals surface area contributed by atoms with Crippen LogP contribution in [0.15, 0.2) is 334 Å². The van der Waals surface area contributed by atoms with Crippen LogP contribution in [0.25, 0.3) is 219 Å². The van der Waals surface area contributed by atoms with Crippen molar-refractivity contribution in [1.29, 1.82) is 0 Å². The fraction of sp³-hybridized carbons (Fsp3) is 0.0667. The van der Waals surface area contributed by atoms with E-state index >= 15 is 0 Å². The quantitative estimate of drug-likeness (QED) is 0.146. The molecule has 0 N–H and O–H groups in total. The summed E-state index contributed by atoms with van der Waals surface area (Å²) in [6, 6.07) is 126. The highest BCUT2D eigenvalue weighted by Crippen LogP contribution is 2.65. The van der Waals surface area contributed by atoms with Crippen LogP contribution in [0.3, 0.4) is 0 Å². The molecular formula is C105H70. The average molecular weight is 1330 g/mol. The fourth-order valence-electron chi connectivity index (χ4n) is 19.5. The lowest BCUT2D eigenvalue weighted by Crippen LogP contribution is -2.15. The van der Waals surface area contributed by atoms with E-state index in [1.807, 2.05) is 0 Å². The van der Waals surface area contributed by atoms with Crippen LogP contribution in [0, 0.1) is 0 Å². The van der Waals surface area contributed by atoms with E-state index in [0.717, 1.165) is 0 Å². The van der Waals surface area contributed by atoms with Crippen LogP contribution in [0.5, 0.6) is 0 Å². The molecule has 0 bridgehead atoms. The molecule has 0 saturated heterocycles. The summed E-state index contributed by atoms with van der Waals surface area (Å²) >= 11 is 0. The molecule has 0 fully saturated rings. The molecule has 0 heteroatoms. The number of hydrogen-bond acceptors (Lipinski definition) is 0. The lowest BCUT2D eigenvalue weighted by atomic mass is 9.79. The van der Waals surface area contributed by atoms with Gasteiger partial charge in [-0.05, 0) is 260 Å². The third-order valence-corrected chi connectivity index (χ3v) is 24.2. The zero-order valence-corrected chi connectivity index (χ0v) is 59.3. The van der Waals surface area contributed by atoms with E-state index in [9.17, 15) is 0 Å². The van der Waals surface area contributed by atoms with Gasteiger partial charge in [-0.25, -0.2) is 0 Å². The molecule has 0 heterocycles. The van der Waals surface area contributed by atoms with Crippen LogP contribution in [0.1, 0.15) is 51.3 Å². The molecule has 0 unspecified atom stereocenters. The summed E-state index contributed by atoms with van der Waals surface area (Å²) in [6.07, 6.45) is 0. The van der Waals surface area contributed by atoms with Gasteiger partial charge in [0.15, 0.2) is 0 Å². The molecule has 490 valence electrons. The molecule has 0 saturated carbocycles. The first-order valence-electron chi connectivity index (χ1n) is 37.2. The zero-order valence-electron chi connectivity index (χ0n) is 59.3. The maximum Gasteiger partial charge on any atom is 0.0159 e. The minimum Gasteiger partial charge on any atom is -0.0622 e. The van der Waals surface area contributed by atoms with Gasteiger partial charge in [0.1, 0.15) is 0 Å². The van der Waals surface area contributed by atoms with Gasteiger partial charge in [-0.1, -0.05) is 350 Å². The van der Waals surface area contributed by atoms with Crippen LogP contribution in [0.2, 0.25) is 0 Å². The molecule has 3 aliphatic rings. The Kier molecular flexibility index (Phi) is 12.6. The van der Waals surface area contributed by atoms with Gasteiger partial charge >= 0.3 is 0 Å². The molecule has 105 heavy (non-hydrogen) atoms.